The van der Waals surface area contributed by atoms with Crippen LogP contribution in [0.4, 0.5) is 0 Å². The van der Waals surface area contributed by atoms with E-state index in [1.54, 1.807) is 0 Å². The molecule has 0 N–H and O–H groups in total. The van der Waals surface area contributed by atoms with E-state index in [4.69, 9.17) is 29.9 Å². The molecule has 0 saturated heterocycles. The number of rotatable bonds is 14. The Morgan fingerprint density at radius 2 is 0.398 bits per heavy atom. The molecule has 133 heavy (non-hydrogen) atoms. The Labute approximate surface area is 770 Å². The number of nitriles is 2. The van der Waals surface area contributed by atoms with Gasteiger partial charge in [0.25, 0.3) is 0 Å². The van der Waals surface area contributed by atoms with Crippen LogP contribution in [0.25, 0.3) is 245 Å². The van der Waals surface area contributed by atoms with Gasteiger partial charge in [0.1, 0.15) is 0 Å². The van der Waals surface area contributed by atoms with Crippen LogP contribution in [-0.4, -0.2) is 29.9 Å². The predicted molar refractivity (Wildman–Crippen MR) is 544 cm³/mol. The predicted octanol–water partition coefficient (Wildman–Crippen LogP) is 31.9. The third-order valence-electron chi connectivity index (χ3n) is 26.9. The molecule has 0 aliphatic heterocycles. The van der Waals surface area contributed by atoms with Crippen LogP contribution < -0.4 is 0 Å². The molecule has 0 bridgehead atoms. The minimum absolute atomic E-state index is 0.147. The molecule has 0 spiro atoms. The fourth-order valence-electron chi connectivity index (χ4n) is 20.3. The van der Waals surface area contributed by atoms with Crippen molar-refractivity contribution < 1.29 is 0 Å². The third-order valence-corrected chi connectivity index (χ3v) is 26.9. The number of nitrogens with zero attached hydrogens (tertiary/aromatic N) is 8. The standard InChI is InChI=1S/C65H42N4.C60H36N4/c1-65(2)58-18-9-8-17-54(58)55-32-31-49(38-59(55)65)64-68-62(45-11-4-3-5-12-45)67-63(69-64)46-29-27-44(28-30-46)51-34-36-57-53-16-7-6-15-52(53)56-35-33-50(60(51)61(56)57)43-25-23-42(24-26-43)48-14-10-13-47(37-48)41-21-19-40(39-66)20-22-41;61-37-38-19-21-39(22-20-38)46-31-32-47(51-16-8-7-15-50(46)51)40-23-25-41(26-24-40)48-33-35-54-52-17-9-10-18-53(52)55-36-34-49(56(48)57(54)55)42-27-29-45(30-28-42)60-63-58(43-11-3-1-4-12-43)62-59(64-60)44-13-5-2-6-14-44/h3-38H,1-2H3;1-36H. The number of hydrogen-bond donors (Lipinski definition) is 0. The molecule has 0 radical (unpaired) electrons. The lowest BCUT2D eigenvalue weighted by molar-refractivity contribution is 0.660. The van der Waals surface area contributed by atoms with Crippen LogP contribution in [0.2, 0.25) is 0 Å². The highest BCUT2D eigenvalue weighted by Crippen LogP contribution is 2.56. The maximum absolute atomic E-state index is 9.37. The van der Waals surface area contributed by atoms with Gasteiger partial charge < -0.3 is 0 Å². The first-order valence-electron chi connectivity index (χ1n) is 45.0. The van der Waals surface area contributed by atoms with Crippen LogP contribution >= 0.6 is 0 Å². The van der Waals surface area contributed by atoms with E-state index in [1.807, 2.05) is 127 Å². The molecule has 8 nitrogen and oxygen atoms in total. The van der Waals surface area contributed by atoms with Crippen LogP contribution in [0, 0.1) is 22.7 Å². The quantitative estimate of drug-likeness (QED) is 0.105. The lowest BCUT2D eigenvalue weighted by atomic mass is 9.82. The number of fused-ring (bicyclic) bond motifs is 10. The summed E-state index contributed by atoms with van der Waals surface area (Å²) >= 11 is 0. The monoisotopic (exact) mass is 1690 g/mol. The molecule has 2 heterocycles. The summed E-state index contributed by atoms with van der Waals surface area (Å²) in [6.07, 6.45) is 0. The molecule has 2 aromatic heterocycles. The lowest BCUT2D eigenvalue weighted by Gasteiger charge is -2.21. The van der Waals surface area contributed by atoms with Crippen molar-refractivity contribution in [1.82, 2.24) is 29.9 Å². The molecule has 0 amide bonds. The molecule has 0 unspecified atom stereocenters. The van der Waals surface area contributed by atoms with Gasteiger partial charge >= 0.3 is 0 Å². The summed E-state index contributed by atoms with van der Waals surface area (Å²) in [6.45, 7) is 4.61. The first-order valence-corrected chi connectivity index (χ1v) is 45.0. The normalized spacial score (nSPS) is 12.0. The fourth-order valence-corrected chi connectivity index (χ4v) is 20.3. The van der Waals surface area contributed by atoms with Crippen molar-refractivity contribution in [2.75, 3.05) is 0 Å². The van der Waals surface area contributed by atoms with Gasteiger partial charge in [0.15, 0.2) is 34.9 Å². The SMILES string of the molecule is CC1(C)c2ccccc2-c2ccc(-c3nc(-c4ccccc4)nc(-c4ccc(-c5ccc6c7c(ccc(-c8ccc(-c9cccc(-c%10ccc(C#N)cc%10)c9)cc8)c57)-c5ccccc5-6)cc4)n3)cc21.N#Cc1ccc(-c2ccc(-c3ccc(-c4ccc5c6c(ccc(-c7ccc(-c8nc(-c9ccccc9)nc(-c9ccccc9)n8)cc7)c46)-c4ccccc4-5)cc3)c3ccccc23)cc1. The lowest BCUT2D eigenvalue weighted by Crippen LogP contribution is -2.15. The topological polar surface area (TPSA) is 125 Å². The second kappa shape index (κ2) is 32.5. The van der Waals surface area contributed by atoms with E-state index in [9.17, 15) is 10.5 Å². The van der Waals surface area contributed by atoms with E-state index in [0.717, 1.165) is 94.6 Å². The Balaban J connectivity index is 0.000000147. The van der Waals surface area contributed by atoms with Crippen molar-refractivity contribution in [3.05, 3.63) is 459 Å². The van der Waals surface area contributed by atoms with E-state index >= 15 is 0 Å². The summed E-state index contributed by atoms with van der Waals surface area (Å²) in [6, 6.07) is 159. The molecule has 618 valence electrons. The molecule has 3 aliphatic carbocycles. The summed E-state index contributed by atoms with van der Waals surface area (Å²) in [5.74, 6) is 3.85. The van der Waals surface area contributed by atoms with Crippen LogP contribution in [0.5, 0.6) is 0 Å². The summed E-state index contributed by atoms with van der Waals surface area (Å²) in [5.41, 5.74) is 40.5. The van der Waals surface area contributed by atoms with Gasteiger partial charge in [-0.15, -0.1) is 0 Å². The zero-order valence-electron chi connectivity index (χ0n) is 72.6. The van der Waals surface area contributed by atoms with E-state index < -0.39 is 0 Å². The largest absolute Gasteiger partial charge is 0.208 e. The summed E-state index contributed by atoms with van der Waals surface area (Å²) in [5, 5.41) is 26.1. The maximum Gasteiger partial charge on any atom is 0.164 e. The molecule has 3 aliphatic rings. The Bertz CT molecular complexity index is 8420. The average Bonchev–Trinajstić information content (AvgIpc) is 1.56. The summed E-state index contributed by atoms with van der Waals surface area (Å²) in [7, 11) is 0. The molecule has 0 fully saturated rings. The Morgan fingerprint density at radius 1 is 0.165 bits per heavy atom. The number of aromatic nitrogens is 6. The second-order valence-electron chi connectivity index (χ2n) is 34.9. The van der Waals surface area contributed by atoms with Gasteiger partial charge in [-0.1, -0.05) is 414 Å². The number of benzene rings is 20. The van der Waals surface area contributed by atoms with E-state index in [1.165, 1.54) is 127 Å². The molecule has 20 aromatic carbocycles. The van der Waals surface area contributed by atoms with Crippen molar-refractivity contribution >= 4 is 32.3 Å². The Morgan fingerprint density at radius 3 is 0.759 bits per heavy atom. The molecular formula is C125H78N8. The van der Waals surface area contributed by atoms with E-state index in [2.05, 4.69) is 335 Å². The second-order valence-corrected chi connectivity index (χ2v) is 34.9. The van der Waals surface area contributed by atoms with Crippen LogP contribution in [0.1, 0.15) is 36.1 Å². The number of hydrogen-bond acceptors (Lipinski definition) is 8. The van der Waals surface area contributed by atoms with Crippen molar-refractivity contribution in [2.45, 2.75) is 19.3 Å². The molecule has 25 rings (SSSR count). The van der Waals surface area contributed by atoms with Gasteiger partial charge in [-0.3, -0.25) is 0 Å². The van der Waals surface area contributed by atoms with Gasteiger partial charge in [0, 0.05) is 38.8 Å². The van der Waals surface area contributed by atoms with Gasteiger partial charge in [-0.25, -0.2) is 29.9 Å². The highest BCUT2D eigenvalue weighted by molar-refractivity contribution is 6.24. The van der Waals surface area contributed by atoms with Crippen molar-refractivity contribution in [3.8, 4) is 225 Å². The van der Waals surface area contributed by atoms with Gasteiger partial charge in [0.2, 0.25) is 0 Å². The van der Waals surface area contributed by atoms with Crippen LogP contribution in [-0.2, 0) is 5.41 Å². The first-order chi connectivity index (χ1) is 65.6. The maximum atomic E-state index is 9.37. The molecule has 22 aromatic rings. The van der Waals surface area contributed by atoms with E-state index in [-0.39, 0.29) is 5.41 Å². The molecule has 8 heteroatoms. The van der Waals surface area contributed by atoms with Gasteiger partial charge in [-0.05, 0) is 224 Å². The zero-order chi connectivity index (χ0) is 88.8. The van der Waals surface area contributed by atoms with E-state index in [0.29, 0.717) is 46.1 Å². The van der Waals surface area contributed by atoms with Gasteiger partial charge in [0.05, 0.1) is 23.3 Å². The van der Waals surface area contributed by atoms with Crippen LogP contribution in [0.3, 0.4) is 0 Å². The summed E-state index contributed by atoms with van der Waals surface area (Å²) in [4.78, 5) is 30.3. The third kappa shape index (κ3) is 13.8. The van der Waals surface area contributed by atoms with Gasteiger partial charge in [-0.2, -0.15) is 10.5 Å². The molecule has 0 saturated carbocycles. The Kier molecular flexibility index (Phi) is 19.2. The fraction of sp³-hybridized carbons (Fsp3) is 0.0240. The Hall–Kier alpha value is -17.8. The molecule has 0 atom stereocenters. The highest BCUT2D eigenvalue weighted by atomic mass is 15.0. The minimum atomic E-state index is -0.147. The first kappa shape index (κ1) is 78.6. The summed E-state index contributed by atoms with van der Waals surface area (Å²) < 4.78 is 0. The van der Waals surface area contributed by atoms with Crippen LogP contribution in [0.15, 0.2) is 437 Å². The van der Waals surface area contributed by atoms with Crippen molar-refractivity contribution in [2.24, 2.45) is 0 Å². The smallest absolute Gasteiger partial charge is 0.164 e. The zero-order valence-corrected chi connectivity index (χ0v) is 72.6. The van der Waals surface area contributed by atoms with Crippen molar-refractivity contribution in [3.63, 3.8) is 0 Å². The highest BCUT2D eigenvalue weighted by Gasteiger charge is 2.36. The average molecular weight is 1690 g/mol. The van der Waals surface area contributed by atoms with Crippen molar-refractivity contribution in [1.29, 1.82) is 10.5 Å². The minimum Gasteiger partial charge on any atom is -0.208 e. The molecular weight excluding hydrogens is 1610 g/mol.